The molecule has 1 amide bonds. The lowest BCUT2D eigenvalue weighted by Crippen LogP contribution is -2.10. The van der Waals surface area contributed by atoms with Crippen LogP contribution in [0.25, 0.3) is 0 Å². The van der Waals surface area contributed by atoms with Crippen molar-refractivity contribution in [1.82, 2.24) is 0 Å². The highest BCUT2D eigenvalue weighted by Gasteiger charge is 2.16. The van der Waals surface area contributed by atoms with Gasteiger partial charge in [-0.05, 0) is 67.1 Å². The SMILES string of the molecule is Cc1cc(SC(CC(C)C)c2ccc(C(N)=O)cc2)cc(C)c1Br. The van der Waals surface area contributed by atoms with Crippen LogP contribution >= 0.6 is 27.7 Å². The number of benzene rings is 2. The van der Waals surface area contributed by atoms with Crippen molar-refractivity contribution < 1.29 is 4.79 Å². The molecule has 1 unspecified atom stereocenters. The summed E-state index contributed by atoms with van der Waals surface area (Å²) in [5, 5.41) is 0.354. The number of amides is 1. The minimum absolute atomic E-state index is 0.354. The van der Waals surface area contributed by atoms with Crippen LogP contribution in [0.5, 0.6) is 0 Å². The molecule has 0 radical (unpaired) electrons. The summed E-state index contributed by atoms with van der Waals surface area (Å²) < 4.78 is 1.18. The van der Waals surface area contributed by atoms with Crippen LogP contribution in [-0.2, 0) is 0 Å². The molecule has 24 heavy (non-hydrogen) atoms. The van der Waals surface area contributed by atoms with E-state index < -0.39 is 0 Å². The summed E-state index contributed by atoms with van der Waals surface area (Å²) in [7, 11) is 0. The molecular weight excluding hydrogens is 382 g/mol. The fourth-order valence-corrected chi connectivity index (χ4v) is 4.50. The van der Waals surface area contributed by atoms with Gasteiger partial charge in [0.15, 0.2) is 0 Å². The molecule has 0 saturated heterocycles. The lowest BCUT2D eigenvalue weighted by Gasteiger charge is -2.20. The molecule has 1 atom stereocenters. The van der Waals surface area contributed by atoms with Crippen LogP contribution in [0.1, 0.15) is 52.6 Å². The maximum absolute atomic E-state index is 11.3. The van der Waals surface area contributed by atoms with Gasteiger partial charge in [0.05, 0.1) is 0 Å². The normalized spacial score (nSPS) is 12.4. The molecule has 2 rings (SSSR count). The Kier molecular flexibility index (Phi) is 6.53. The van der Waals surface area contributed by atoms with Gasteiger partial charge in [-0.1, -0.05) is 41.9 Å². The highest BCUT2D eigenvalue weighted by Crippen LogP contribution is 2.41. The molecule has 2 aromatic rings. The molecule has 4 heteroatoms. The number of nitrogens with two attached hydrogens (primary N) is 1. The van der Waals surface area contributed by atoms with Gasteiger partial charge in [0, 0.05) is 20.2 Å². The molecule has 128 valence electrons. The molecule has 0 aliphatic heterocycles. The van der Waals surface area contributed by atoms with Gasteiger partial charge < -0.3 is 5.73 Å². The topological polar surface area (TPSA) is 43.1 Å². The van der Waals surface area contributed by atoms with Crippen molar-refractivity contribution >= 4 is 33.6 Å². The molecule has 0 spiro atoms. The standard InChI is InChI=1S/C20H24BrNOS/c1-12(2)9-18(15-5-7-16(8-6-15)20(22)23)24-17-10-13(3)19(21)14(4)11-17/h5-8,10-12,18H,9H2,1-4H3,(H2,22,23). The average molecular weight is 406 g/mol. The first-order valence-corrected chi connectivity index (χ1v) is 9.78. The van der Waals surface area contributed by atoms with Gasteiger partial charge in [-0.3, -0.25) is 4.79 Å². The number of hydrogen-bond acceptors (Lipinski definition) is 2. The van der Waals surface area contributed by atoms with E-state index in [-0.39, 0.29) is 5.91 Å². The number of primary amides is 1. The number of aryl methyl sites for hydroxylation is 2. The Morgan fingerprint density at radius 2 is 1.67 bits per heavy atom. The first-order valence-electron chi connectivity index (χ1n) is 8.11. The summed E-state index contributed by atoms with van der Waals surface area (Å²) in [4.78, 5) is 12.5. The number of carbonyl (C=O) groups is 1. The van der Waals surface area contributed by atoms with E-state index in [2.05, 4.69) is 55.8 Å². The summed E-state index contributed by atoms with van der Waals surface area (Å²) in [6.45, 7) is 8.73. The maximum Gasteiger partial charge on any atom is 0.248 e. The van der Waals surface area contributed by atoms with Crippen molar-refractivity contribution in [2.45, 2.75) is 44.3 Å². The molecule has 0 aliphatic carbocycles. The smallest absolute Gasteiger partial charge is 0.248 e. The van der Waals surface area contributed by atoms with Crippen LogP contribution < -0.4 is 5.73 Å². The third kappa shape index (κ3) is 4.87. The molecule has 2 N–H and O–H groups in total. The van der Waals surface area contributed by atoms with Crippen LogP contribution in [0, 0.1) is 19.8 Å². The quantitative estimate of drug-likeness (QED) is 0.594. The third-order valence-corrected chi connectivity index (χ3v) is 6.45. The van der Waals surface area contributed by atoms with Crippen molar-refractivity contribution in [3.05, 3.63) is 63.1 Å². The molecule has 2 nitrogen and oxygen atoms in total. The highest BCUT2D eigenvalue weighted by molar-refractivity contribution is 9.10. The third-order valence-electron chi connectivity index (χ3n) is 3.94. The second-order valence-electron chi connectivity index (χ2n) is 6.59. The van der Waals surface area contributed by atoms with Gasteiger partial charge in [0.2, 0.25) is 5.91 Å². The van der Waals surface area contributed by atoms with E-state index in [4.69, 9.17) is 5.73 Å². The van der Waals surface area contributed by atoms with Gasteiger partial charge in [-0.15, -0.1) is 11.8 Å². The zero-order valence-electron chi connectivity index (χ0n) is 14.6. The number of halogens is 1. The molecule has 0 fully saturated rings. The molecule has 2 aromatic carbocycles. The minimum Gasteiger partial charge on any atom is -0.366 e. The summed E-state index contributed by atoms with van der Waals surface area (Å²) in [5.41, 5.74) is 9.64. The Labute approximate surface area is 157 Å². The summed E-state index contributed by atoms with van der Waals surface area (Å²) >= 11 is 5.52. The predicted molar refractivity (Wildman–Crippen MR) is 107 cm³/mol. The van der Waals surface area contributed by atoms with Crippen molar-refractivity contribution in [2.75, 3.05) is 0 Å². The van der Waals surface area contributed by atoms with Gasteiger partial charge in [0.25, 0.3) is 0 Å². The Morgan fingerprint density at radius 1 is 1.12 bits per heavy atom. The summed E-state index contributed by atoms with van der Waals surface area (Å²) in [5.74, 6) is 0.213. The van der Waals surface area contributed by atoms with Crippen molar-refractivity contribution in [1.29, 1.82) is 0 Å². The van der Waals surface area contributed by atoms with Crippen LogP contribution in [0.15, 0.2) is 45.8 Å². The summed E-state index contributed by atoms with van der Waals surface area (Å²) in [6, 6.07) is 12.2. The lowest BCUT2D eigenvalue weighted by atomic mass is 10.0. The Bertz CT molecular complexity index is 702. The first kappa shape index (κ1) is 19.1. The van der Waals surface area contributed by atoms with E-state index in [0.29, 0.717) is 16.7 Å². The van der Waals surface area contributed by atoms with E-state index in [9.17, 15) is 4.79 Å². The number of carbonyl (C=O) groups excluding carboxylic acids is 1. The van der Waals surface area contributed by atoms with Crippen LogP contribution in [-0.4, -0.2) is 5.91 Å². The molecule has 0 aromatic heterocycles. The van der Waals surface area contributed by atoms with Gasteiger partial charge in [-0.2, -0.15) is 0 Å². The largest absolute Gasteiger partial charge is 0.366 e. The van der Waals surface area contributed by atoms with E-state index in [1.165, 1.54) is 26.1 Å². The fourth-order valence-electron chi connectivity index (χ4n) is 2.68. The van der Waals surface area contributed by atoms with E-state index in [1.54, 1.807) is 0 Å². The van der Waals surface area contributed by atoms with E-state index in [0.717, 1.165) is 6.42 Å². The monoisotopic (exact) mass is 405 g/mol. The van der Waals surface area contributed by atoms with Crippen LogP contribution in [0.3, 0.4) is 0 Å². The highest BCUT2D eigenvalue weighted by atomic mass is 79.9. The van der Waals surface area contributed by atoms with Gasteiger partial charge in [0.1, 0.15) is 0 Å². The molecule has 0 bridgehead atoms. The van der Waals surface area contributed by atoms with Gasteiger partial charge >= 0.3 is 0 Å². The summed E-state index contributed by atoms with van der Waals surface area (Å²) in [6.07, 6.45) is 1.08. The Balaban J connectivity index is 2.30. The van der Waals surface area contributed by atoms with Crippen molar-refractivity contribution in [3.63, 3.8) is 0 Å². The van der Waals surface area contributed by atoms with Crippen LogP contribution in [0.4, 0.5) is 0 Å². The lowest BCUT2D eigenvalue weighted by molar-refractivity contribution is 0.100. The zero-order chi connectivity index (χ0) is 17.9. The Morgan fingerprint density at radius 3 is 2.12 bits per heavy atom. The first-order chi connectivity index (χ1) is 11.3. The van der Waals surface area contributed by atoms with E-state index in [1.807, 2.05) is 36.0 Å². The molecule has 0 aliphatic rings. The van der Waals surface area contributed by atoms with E-state index >= 15 is 0 Å². The predicted octanol–water partition coefficient (Wildman–Crippen LogP) is 6.04. The van der Waals surface area contributed by atoms with Crippen molar-refractivity contribution in [2.24, 2.45) is 11.7 Å². The Hall–Kier alpha value is -1.26. The van der Waals surface area contributed by atoms with Gasteiger partial charge in [-0.25, -0.2) is 0 Å². The number of hydrogen-bond donors (Lipinski definition) is 1. The van der Waals surface area contributed by atoms with Crippen molar-refractivity contribution in [3.8, 4) is 0 Å². The fraction of sp³-hybridized carbons (Fsp3) is 0.350. The molecule has 0 saturated carbocycles. The molecule has 0 heterocycles. The average Bonchev–Trinajstić information content (AvgIpc) is 2.51. The maximum atomic E-state index is 11.3. The number of rotatable bonds is 6. The second-order valence-corrected chi connectivity index (χ2v) is 8.66. The molecular formula is C20H24BrNOS. The second kappa shape index (κ2) is 8.21. The van der Waals surface area contributed by atoms with Crippen LogP contribution in [0.2, 0.25) is 0 Å². The zero-order valence-corrected chi connectivity index (χ0v) is 17.0. The minimum atomic E-state index is -0.381. The number of thioether (sulfide) groups is 1.